The molecule has 0 amide bonds. The van der Waals surface area contributed by atoms with Crippen molar-refractivity contribution < 1.29 is 14.9 Å². The Morgan fingerprint density at radius 3 is 2.29 bits per heavy atom. The Morgan fingerprint density at radius 1 is 1.06 bits per heavy atom. The smallest absolute Gasteiger partial charge is 0.127 e. The summed E-state index contributed by atoms with van der Waals surface area (Å²) in [5.41, 5.74) is 0.831. The number of aromatic hydroxyl groups is 2. The zero-order chi connectivity index (χ0) is 12.4. The highest BCUT2D eigenvalue weighted by atomic mass is 35.5. The Morgan fingerprint density at radius 2 is 1.71 bits per heavy atom. The van der Waals surface area contributed by atoms with Gasteiger partial charge >= 0.3 is 0 Å². The van der Waals surface area contributed by atoms with Gasteiger partial charge in [-0.2, -0.15) is 0 Å². The number of rotatable bonds is 2. The number of benzene rings is 2. The number of phenolic OH excluding ortho intramolecular Hbond substituents is 2. The molecule has 0 aliphatic carbocycles. The Kier molecular flexibility index (Phi) is 3.11. The summed E-state index contributed by atoms with van der Waals surface area (Å²) in [5, 5.41) is 20.0. The van der Waals surface area contributed by atoms with E-state index < -0.39 is 0 Å². The van der Waals surface area contributed by atoms with Crippen LogP contribution in [0.5, 0.6) is 17.2 Å². The summed E-state index contributed by atoms with van der Waals surface area (Å²) in [6.45, 7) is 0. The van der Waals surface area contributed by atoms with Crippen LogP contribution < -0.4 is 4.74 Å². The van der Waals surface area contributed by atoms with Gasteiger partial charge in [-0.15, -0.1) is 0 Å². The van der Waals surface area contributed by atoms with Crippen LogP contribution in [-0.2, 0) is 0 Å². The summed E-state index contributed by atoms with van der Waals surface area (Å²) in [6.07, 6.45) is 0. The third kappa shape index (κ3) is 2.15. The lowest BCUT2D eigenvalue weighted by Crippen LogP contribution is -1.86. The minimum Gasteiger partial charge on any atom is -0.507 e. The Labute approximate surface area is 104 Å². The van der Waals surface area contributed by atoms with E-state index in [0.29, 0.717) is 21.9 Å². The molecule has 2 aromatic carbocycles. The van der Waals surface area contributed by atoms with Gasteiger partial charge in [-0.05, 0) is 30.3 Å². The number of methoxy groups -OCH3 is 1. The molecule has 0 aliphatic heterocycles. The number of phenols is 2. The lowest BCUT2D eigenvalue weighted by atomic mass is 10.0. The molecular formula is C13H11ClO3. The van der Waals surface area contributed by atoms with Crippen molar-refractivity contribution in [1.82, 2.24) is 0 Å². The lowest BCUT2D eigenvalue weighted by Gasteiger charge is -2.10. The average Bonchev–Trinajstić information content (AvgIpc) is 2.31. The molecule has 0 radical (unpaired) electrons. The molecule has 88 valence electrons. The van der Waals surface area contributed by atoms with Crippen LogP contribution in [0.15, 0.2) is 36.4 Å². The van der Waals surface area contributed by atoms with E-state index in [2.05, 4.69) is 0 Å². The van der Waals surface area contributed by atoms with Gasteiger partial charge in [-0.3, -0.25) is 0 Å². The SMILES string of the molecule is COc1ccc(Cl)c(-c2c(O)cccc2O)c1. The summed E-state index contributed by atoms with van der Waals surface area (Å²) in [6, 6.07) is 9.57. The van der Waals surface area contributed by atoms with Crippen LogP contribution in [0.3, 0.4) is 0 Å². The monoisotopic (exact) mass is 250 g/mol. The summed E-state index contributed by atoms with van der Waals surface area (Å²) in [4.78, 5) is 0. The topological polar surface area (TPSA) is 49.7 Å². The maximum Gasteiger partial charge on any atom is 0.127 e. The quantitative estimate of drug-likeness (QED) is 0.859. The first kappa shape index (κ1) is 11.6. The highest BCUT2D eigenvalue weighted by Crippen LogP contribution is 2.41. The predicted octanol–water partition coefficient (Wildman–Crippen LogP) is 3.43. The largest absolute Gasteiger partial charge is 0.507 e. The second kappa shape index (κ2) is 4.55. The van der Waals surface area contributed by atoms with Crippen molar-refractivity contribution in [3.63, 3.8) is 0 Å². The van der Waals surface area contributed by atoms with Crippen LogP contribution >= 0.6 is 11.6 Å². The summed E-state index contributed by atoms with van der Waals surface area (Å²) >= 11 is 6.05. The highest BCUT2D eigenvalue weighted by Gasteiger charge is 2.13. The molecule has 2 aromatic rings. The minimum absolute atomic E-state index is 0.0276. The van der Waals surface area contributed by atoms with Crippen LogP contribution in [0.25, 0.3) is 11.1 Å². The van der Waals surface area contributed by atoms with E-state index in [1.54, 1.807) is 24.3 Å². The molecule has 2 rings (SSSR count). The van der Waals surface area contributed by atoms with Gasteiger partial charge in [0.1, 0.15) is 17.2 Å². The van der Waals surface area contributed by atoms with E-state index in [-0.39, 0.29) is 11.5 Å². The third-order valence-corrected chi connectivity index (χ3v) is 2.79. The lowest BCUT2D eigenvalue weighted by molar-refractivity contribution is 0.415. The van der Waals surface area contributed by atoms with Crippen molar-refractivity contribution in [1.29, 1.82) is 0 Å². The van der Waals surface area contributed by atoms with E-state index in [4.69, 9.17) is 16.3 Å². The fourth-order valence-electron chi connectivity index (χ4n) is 1.63. The molecular weight excluding hydrogens is 240 g/mol. The molecule has 3 nitrogen and oxygen atoms in total. The molecule has 17 heavy (non-hydrogen) atoms. The van der Waals surface area contributed by atoms with Gasteiger partial charge < -0.3 is 14.9 Å². The van der Waals surface area contributed by atoms with Crippen LogP contribution in [0.4, 0.5) is 0 Å². The van der Waals surface area contributed by atoms with Crippen molar-refractivity contribution in [3.05, 3.63) is 41.4 Å². The highest BCUT2D eigenvalue weighted by molar-refractivity contribution is 6.33. The fraction of sp³-hybridized carbons (Fsp3) is 0.0769. The Hall–Kier alpha value is -1.87. The fourth-order valence-corrected chi connectivity index (χ4v) is 1.84. The molecule has 0 bridgehead atoms. The number of hydrogen-bond donors (Lipinski definition) is 2. The zero-order valence-electron chi connectivity index (χ0n) is 9.14. The summed E-state index contributed by atoms with van der Waals surface area (Å²) < 4.78 is 5.09. The van der Waals surface area contributed by atoms with E-state index in [9.17, 15) is 10.2 Å². The first-order valence-electron chi connectivity index (χ1n) is 4.98. The van der Waals surface area contributed by atoms with Gasteiger partial charge in [0.2, 0.25) is 0 Å². The van der Waals surface area contributed by atoms with Gasteiger partial charge in [0, 0.05) is 10.6 Å². The normalized spacial score (nSPS) is 10.2. The average molecular weight is 251 g/mol. The predicted molar refractivity (Wildman–Crippen MR) is 66.8 cm³/mol. The first-order valence-corrected chi connectivity index (χ1v) is 5.36. The van der Waals surface area contributed by atoms with Gasteiger partial charge in [-0.25, -0.2) is 0 Å². The molecule has 0 fully saturated rings. The third-order valence-electron chi connectivity index (χ3n) is 2.46. The minimum atomic E-state index is -0.0276. The van der Waals surface area contributed by atoms with Crippen LogP contribution in [-0.4, -0.2) is 17.3 Å². The Balaban J connectivity index is 2.67. The van der Waals surface area contributed by atoms with Crippen molar-refractivity contribution in [2.45, 2.75) is 0 Å². The van der Waals surface area contributed by atoms with Crippen molar-refractivity contribution in [2.24, 2.45) is 0 Å². The van der Waals surface area contributed by atoms with E-state index in [0.717, 1.165) is 0 Å². The van der Waals surface area contributed by atoms with E-state index >= 15 is 0 Å². The second-order valence-corrected chi connectivity index (χ2v) is 3.92. The maximum absolute atomic E-state index is 9.77. The van der Waals surface area contributed by atoms with Crippen LogP contribution in [0.2, 0.25) is 5.02 Å². The van der Waals surface area contributed by atoms with Crippen molar-refractivity contribution in [2.75, 3.05) is 7.11 Å². The number of halogens is 1. The zero-order valence-corrected chi connectivity index (χ0v) is 9.90. The standard InChI is InChI=1S/C13H11ClO3/c1-17-8-5-6-10(14)9(7-8)13-11(15)3-2-4-12(13)16/h2-7,15-16H,1H3. The molecule has 2 N–H and O–H groups in total. The molecule has 0 aliphatic rings. The van der Waals surface area contributed by atoms with E-state index in [1.807, 2.05) is 0 Å². The summed E-state index contributed by atoms with van der Waals surface area (Å²) in [5.74, 6) is 0.548. The molecule has 0 atom stereocenters. The van der Waals surface area contributed by atoms with Gasteiger partial charge in [0.15, 0.2) is 0 Å². The molecule has 0 spiro atoms. The number of hydrogen-bond acceptors (Lipinski definition) is 3. The first-order chi connectivity index (χ1) is 8.13. The number of ether oxygens (including phenoxy) is 1. The van der Waals surface area contributed by atoms with Gasteiger partial charge in [0.05, 0.1) is 12.7 Å². The molecule has 0 aromatic heterocycles. The maximum atomic E-state index is 9.77. The molecule has 0 unspecified atom stereocenters. The van der Waals surface area contributed by atoms with E-state index in [1.165, 1.54) is 19.2 Å². The molecule has 0 heterocycles. The molecule has 0 saturated carbocycles. The van der Waals surface area contributed by atoms with Gasteiger partial charge in [-0.1, -0.05) is 17.7 Å². The molecule has 0 saturated heterocycles. The van der Waals surface area contributed by atoms with Crippen LogP contribution in [0, 0.1) is 0 Å². The van der Waals surface area contributed by atoms with Crippen molar-refractivity contribution in [3.8, 4) is 28.4 Å². The van der Waals surface area contributed by atoms with Gasteiger partial charge in [0.25, 0.3) is 0 Å². The molecule has 4 heteroatoms. The van der Waals surface area contributed by atoms with Crippen LogP contribution in [0.1, 0.15) is 0 Å². The second-order valence-electron chi connectivity index (χ2n) is 3.52. The Bertz CT molecular complexity index is 532. The van der Waals surface area contributed by atoms with Crippen molar-refractivity contribution >= 4 is 11.6 Å². The summed E-state index contributed by atoms with van der Waals surface area (Å²) in [7, 11) is 1.54.